The van der Waals surface area contributed by atoms with Gasteiger partial charge >= 0.3 is 5.97 Å². The van der Waals surface area contributed by atoms with Crippen LogP contribution in [0, 0.1) is 5.92 Å². The van der Waals surface area contributed by atoms with Gasteiger partial charge in [0.05, 0.1) is 13.5 Å². The first-order valence-electron chi connectivity index (χ1n) is 6.89. The highest BCUT2D eigenvalue weighted by Crippen LogP contribution is 2.51. The Balaban J connectivity index is 2.24. The van der Waals surface area contributed by atoms with Crippen LogP contribution < -0.4 is 9.47 Å². The second kappa shape index (κ2) is 4.82. The van der Waals surface area contributed by atoms with E-state index in [-0.39, 0.29) is 17.3 Å². The SMILES string of the molecule is C=C[C@@H]1CCC=C[C@@]12CC(=O)Oc1c(OC)cccc12. The largest absolute Gasteiger partial charge is 0.493 e. The average molecular weight is 270 g/mol. The number of rotatable bonds is 2. The zero-order valence-electron chi connectivity index (χ0n) is 11.6. The molecule has 0 amide bonds. The van der Waals surface area contributed by atoms with Crippen LogP contribution in [-0.2, 0) is 10.2 Å². The van der Waals surface area contributed by atoms with Gasteiger partial charge in [-0.2, -0.15) is 0 Å². The lowest BCUT2D eigenvalue weighted by Gasteiger charge is -2.42. The van der Waals surface area contributed by atoms with Crippen molar-refractivity contribution in [1.82, 2.24) is 0 Å². The van der Waals surface area contributed by atoms with Gasteiger partial charge in [0.25, 0.3) is 0 Å². The molecule has 0 saturated carbocycles. The van der Waals surface area contributed by atoms with E-state index in [1.165, 1.54) is 0 Å². The van der Waals surface area contributed by atoms with Crippen LogP contribution in [0.5, 0.6) is 11.5 Å². The van der Waals surface area contributed by atoms with Crippen molar-refractivity contribution in [2.75, 3.05) is 7.11 Å². The highest BCUT2D eigenvalue weighted by Gasteiger charge is 2.46. The number of hydrogen-bond acceptors (Lipinski definition) is 3. The first kappa shape index (κ1) is 13.0. The molecule has 104 valence electrons. The van der Waals surface area contributed by atoms with E-state index in [0.29, 0.717) is 17.9 Å². The summed E-state index contributed by atoms with van der Waals surface area (Å²) in [6.07, 6.45) is 8.66. The molecule has 1 aliphatic heterocycles. The third-order valence-corrected chi connectivity index (χ3v) is 4.36. The maximum absolute atomic E-state index is 12.1. The summed E-state index contributed by atoms with van der Waals surface area (Å²) in [6.45, 7) is 3.96. The summed E-state index contributed by atoms with van der Waals surface area (Å²) in [7, 11) is 1.59. The maximum Gasteiger partial charge on any atom is 0.312 e. The van der Waals surface area contributed by atoms with Crippen molar-refractivity contribution in [2.45, 2.75) is 24.7 Å². The number of hydrogen-bond donors (Lipinski definition) is 0. The van der Waals surface area contributed by atoms with E-state index in [4.69, 9.17) is 9.47 Å². The van der Waals surface area contributed by atoms with Crippen LogP contribution in [0.2, 0.25) is 0 Å². The topological polar surface area (TPSA) is 35.5 Å². The van der Waals surface area contributed by atoms with Gasteiger partial charge in [-0.1, -0.05) is 30.4 Å². The molecule has 0 saturated heterocycles. The highest BCUT2D eigenvalue weighted by atomic mass is 16.6. The van der Waals surface area contributed by atoms with E-state index < -0.39 is 0 Å². The van der Waals surface area contributed by atoms with Crippen molar-refractivity contribution in [1.29, 1.82) is 0 Å². The summed E-state index contributed by atoms with van der Waals surface area (Å²) in [5.74, 6) is 1.20. The number of carbonyl (C=O) groups is 1. The molecule has 3 rings (SSSR count). The fraction of sp³-hybridized carbons (Fsp3) is 0.353. The normalized spacial score (nSPS) is 27.9. The van der Waals surface area contributed by atoms with E-state index in [9.17, 15) is 4.79 Å². The summed E-state index contributed by atoms with van der Waals surface area (Å²) in [4.78, 5) is 12.1. The quantitative estimate of drug-likeness (QED) is 0.469. The number of benzene rings is 1. The number of esters is 1. The van der Waals surface area contributed by atoms with Gasteiger partial charge in [-0.15, -0.1) is 6.58 Å². The lowest BCUT2D eigenvalue weighted by Crippen LogP contribution is -2.41. The lowest BCUT2D eigenvalue weighted by molar-refractivity contribution is -0.137. The van der Waals surface area contributed by atoms with Crippen molar-refractivity contribution < 1.29 is 14.3 Å². The van der Waals surface area contributed by atoms with Gasteiger partial charge in [0.2, 0.25) is 0 Å². The third kappa shape index (κ3) is 1.77. The van der Waals surface area contributed by atoms with Crippen molar-refractivity contribution in [3.63, 3.8) is 0 Å². The minimum Gasteiger partial charge on any atom is -0.493 e. The van der Waals surface area contributed by atoms with Gasteiger partial charge in [-0.05, 0) is 24.8 Å². The predicted octanol–water partition coefficient (Wildman–Crippen LogP) is 3.39. The first-order chi connectivity index (χ1) is 9.71. The molecule has 20 heavy (non-hydrogen) atoms. The molecule has 1 aromatic rings. The molecule has 1 aromatic carbocycles. The Hall–Kier alpha value is -2.03. The number of para-hydroxylation sites is 1. The first-order valence-corrected chi connectivity index (χ1v) is 6.89. The summed E-state index contributed by atoms with van der Waals surface area (Å²) in [5.41, 5.74) is 0.691. The molecule has 0 unspecified atom stereocenters. The van der Waals surface area contributed by atoms with Gasteiger partial charge in [0, 0.05) is 11.0 Å². The molecule has 2 atom stereocenters. The Labute approximate surface area is 118 Å². The van der Waals surface area contributed by atoms with E-state index in [1.54, 1.807) is 7.11 Å². The molecule has 0 bridgehead atoms. The van der Waals surface area contributed by atoms with Crippen LogP contribution in [0.3, 0.4) is 0 Å². The van der Waals surface area contributed by atoms with E-state index >= 15 is 0 Å². The lowest BCUT2D eigenvalue weighted by atomic mass is 9.63. The van der Waals surface area contributed by atoms with Crippen molar-refractivity contribution in [3.05, 3.63) is 48.6 Å². The summed E-state index contributed by atoms with van der Waals surface area (Å²) in [5, 5.41) is 0. The molecule has 1 aliphatic carbocycles. The van der Waals surface area contributed by atoms with Crippen LogP contribution in [0.15, 0.2) is 43.0 Å². The predicted molar refractivity (Wildman–Crippen MR) is 77.0 cm³/mol. The Morgan fingerprint density at radius 1 is 1.50 bits per heavy atom. The van der Waals surface area contributed by atoms with Crippen LogP contribution in [0.25, 0.3) is 0 Å². The molecule has 0 N–H and O–H groups in total. The Kier molecular flexibility index (Phi) is 3.13. The maximum atomic E-state index is 12.1. The molecule has 3 heteroatoms. The molecule has 0 aromatic heterocycles. The van der Waals surface area contributed by atoms with Crippen LogP contribution in [0.1, 0.15) is 24.8 Å². The zero-order valence-corrected chi connectivity index (χ0v) is 11.6. The molecule has 3 nitrogen and oxygen atoms in total. The van der Waals surface area contributed by atoms with E-state index in [0.717, 1.165) is 18.4 Å². The average Bonchev–Trinajstić information content (AvgIpc) is 2.47. The van der Waals surface area contributed by atoms with E-state index in [1.807, 2.05) is 24.3 Å². The molecule has 0 fully saturated rings. The number of ether oxygens (including phenoxy) is 2. The highest BCUT2D eigenvalue weighted by molar-refractivity contribution is 5.80. The molecule has 0 radical (unpaired) electrons. The minimum absolute atomic E-state index is 0.208. The number of allylic oxidation sites excluding steroid dienone is 3. The smallest absolute Gasteiger partial charge is 0.312 e. The number of fused-ring (bicyclic) bond motifs is 2. The minimum atomic E-state index is -0.334. The monoisotopic (exact) mass is 270 g/mol. The summed E-state index contributed by atoms with van der Waals surface area (Å²) in [6, 6.07) is 5.79. The van der Waals surface area contributed by atoms with Crippen molar-refractivity contribution in [2.24, 2.45) is 5.92 Å². The van der Waals surface area contributed by atoms with Crippen molar-refractivity contribution >= 4 is 5.97 Å². The van der Waals surface area contributed by atoms with Gasteiger partial charge in [0.15, 0.2) is 11.5 Å². The molecular weight excluding hydrogens is 252 g/mol. The van der Waals surface area contributed by atoms with Crippen LogP contribution >= 0.6 is 0 Å². The van der Waals surface area contributed by atoms with Gasteiger partial charge in [-0.25, -0.2) is 0 Å². The Bertz CT molecular complexity index is 588. The fourth-order valence-electron chi connectivity index (χ4n) is 3.39. The van der Waals surface area contributed by atoms with Gasteiger partial charge in [-0.3, -0.25) is 4.79 Å². The number of methoxy groups -OCH3 is 1. The van der Waals surface area contributed by atoms with Crippen molar-refractivity contribution in [3.8, 4) is 11.5 Å². The third-order valence-electron chi connectivity index (χ3n) is 4.36. The molecule has 1 heterocycles. The standard InChI is InChI=1S/C17H18O3/c1-3-12-7-4-5-10-17(12)11-15(18)20-16-13(17)8-6-9-14(16)19-2/h3,5-6,8-10,12H,1,4,7,11H2,2H3/t12-,17-/m1/s1. The second-order valence-corrected chi connectivity index (χ2v) is 5.35. The Morgan fingerprint density at radius 3 is 3.10 bits per heavy atom. The molecule has 2 aliphatic rings. The zero-order chi connectivity index (χ0) is 14.2. The Morgan fingerprint density at radius 2 is 2.35 bits per heavy atom. The summed E-state index contributed by atoms with van der Waals surface area (Å²) < 4.78 is 10.8. The van der Waals surface area contributed by atoms with E-state index in [2.05, 4.69) is 18.7 Å². The molecular formula is C17H18O3. The second-order valence-electron chi connectivity index (χ2n) is 5.35. The number of carbonyl (C=O) groups excluding carboxylic acids is 1. The summed E-state index contributed by atoms with van der Waals surface area (Å²) >= 11 is 0. The van der Waals surface area contributed by atoms with Crippen LogP contribution in [-0.4, -0.2) is 13.1 Å². The van der Waals surface area contributed by atoms with Gasteiger partial charge in [0.1, 0.15) is 0 Å². The fourth-order valence-corrected chi connectivity index (χ4v) is 3.39. The van der Waals surface area contributed by atoms with Crippen LogP contribution in [0.4, 0.5) is 0 Å². The van der Waals surface area contributed by atoms with Gasteiger partial charge < -0.3 is 9.47 Å². The molecule has 1 spiro atoms.